The molecule has 1 fully saturated rings. The highest BCUT2D eigenvalue weighted by Gasteiger charge is 2.37. The smallest absolute Gasteiger partial charge is 0.291 e. The molecule has 1 unspecified atom stereocenters. The average Bonchev–Trinajstić information content (AvgIpc) is 3.06. The first-order valence-electron chi connectivity index (χ1n) is 9.23. The van der Waals surface area contributed by atoms with Crippen LogP contribution in [-0.2, 0) is 9.53 Å². The number of hydrogen-bond donors (Lipinski definition) is 0. The van der Waals surface area contributed by atoms with Crippen LogP contribution < -0.4 is 4.74 Å². The minimum atomic E-state index is -0.818. The summed E-state index contributed by atoms with van der Waals surface area (Å²) in [7, 11) is 0. The number of amides is 3. The molecular formula is C21H20N2O5S. The van der Waals surface area contributed by atoms with Gasteiger partial charge >= 0.3 is 0 Å². The zero-order valence-electron chi connectivity index (χ0n) is 15.9. The first-order valence-corrected chi connectivity index (χ1v) is 10.2. The molecule has 29 heavy (non-hydrogen) atoms. The highest BCUT2D eigenvalue weighted by molar-refractivity contribution is 8.14. The summed E-state index contributed by atoms with van der Waals surface area (Å²) in [6.45, 7) is 2.43. The van der Waals surface area contributed by atoms with E-state index in [2.05, 4.69) is 0 Å². The standard InChI is InChI=1S/C21H20N2O5S/c1-14-6-5-9-16-18(14)19(25)22(13-28-16)10-11-27-20(15-7-3-2-4-8-15)23-17(24)12-29-21(23)26/h2-9,20H,10-13H2,1H3. The summed E-state index contributed by atoms with van der Waals surface area (Å²) in [5, 5.41) is -0.328. The highest BCUT2D eigenvalue weighted by atomic mass is 32.2. The summed E-state index contributed by atoms with van der Waals surface area (Å²) >= 11 is 0.965. The van der Waals surface area contributed by atoms with Gasteiger partial charge in [-0.05, 0) is 18.6 Å². The van der Waals surface area contributed by atoms with Crippen molar-refractivity contribution in [3.63, 3.8) is 0 Å². The number of ether oxygens (including phenoxy) is 2. The lowest BCUT2D eigenvalue weighted by Crippen LogP contribution is -2.42. The van der Waals surface area contributed by atoms with Gasteiger partial charge in [-0.2, -0.15) is 0 Å². The van der Waals surface area contributed by atoms with Gasteiger partial charge in [-0.25, -0.2) is 4.90 Å². The minimum absolute atomic E-state index is 0.111. The Morgan fingerprint density at radius 2 is 1.90 bits per heavy atom. The number of fused-ring (bicyclic) bond motifs is 1. The number of thioether (sulfide) groups is 1. The molecule has 2 aliphatic heterocycles. The van der Waals surface area contributed by atoms with E-state index in [1.54, 1.807) is 11.0 Å². The van der Waals surface area contributed by atoms with E-state index in [1.165, 1.54) is 0 Å². The van der Waals surface area contributed by atoms with Crippen LogP contribution in [0.1, 0.15) is 27.7 Å². The summed E-state index contributed by atoms with van der Waals surface area (Å²) < 4.78 is 11.6. The molecule has 0 N–H and O–H groups in total. The molecule has 2 heterocycles. The van der Waals surface area contributed by atoms with Crippen molar-refractivity contribution < 1.29 is 23.9 Å². The van der Waals surface area contributed by atoms with Crippen LogP contribution in [0.3, 0.4) is 0 Å². The first-order chi connectivity index (χ1) is 14.1. The molecule has 1 saturated heterocycles. The molecular weight excluding hydrogens is 392 g/mol. The van der Waals surface area contributed by atoms with E-state index in [0.29, 0.717) is 16.9 Å². The van der Waals surface area contributed by atoms with Crippen molar-refractivity contribution >= 4 is 28.8 Å². The van der Waals surface area contributed by atoms with E-state index in [0.717, 1.165) is 22.2 Å². The topological polar surface area (TPSA) is 76.2 Å². The molecule has 0 spiro atoms. The molecule has 2 aromatic carbocycles. The Hall–Kier alpha value is -2.84. The van der Waals surface area contributed by atoms with E-state index in [-0.39, 0.29) is 42.7 Å². The summed E-state index contributed by atoms with van der Waals surface area (Å²) in [6, 6.07) is 14.6. The zero-order chi connectivity index (χ0) is 20.4. The van der Waals surface area contributed by atoms with Gasteiger partial charge in [0.2, 0.25) is 5.91 Å². The number of hydrogen-bond acceptors (Lipinski definition) is 6. The number of nitrogens with zero attached hydrogens (tertiary/aromatic N) is 2. The quantitative estimate of drug-likeness (QED) is 0.725. The second-order valence-corrected chi connectivity index (χ2v) is 7.67. The summed E-state index contributed by atoms with van der Waals surface area (Å²) in [5.41, 5.74) is 2.12. The number of imide groups is 1. The highest BCUT2D eigenvalue weighted by Crippen LogP contribution is 2.31. The fraction of sp³-hybridized carbons (Fsp3) is 0.286. The molecule has 2 aliphatic rings. The van der Waals surface area contributed by atoms with Gasteiger partial charge in [0.05, 0.1) is 17.9 Å². The molecule has 0 bridgehead atoms. The molecule has 8 heteroatoms. The van der Waals surface area contributed by atoms with Crippen LogP contribution in [0.15, 0.2) is 48.5 Å². The van der Waals surface area contributed by atoms with Crippen LogP contribution in [0.25, 0.3) is 0 Å². The van der Waals surface area contributed by atoms with Crippen LogP contribution in [0.4, 0.5) is 4.79 Å². The van der Waals surface area contributed by atoms with Crippen LogP contribution in [0.2, 0.25) is 0 Å². The van der Waals surface area contributed by atoms with Gasteiger partial charge in [0, 0.05) is 12.1 Å². The van der Waals surface area contributed by atoms with Gasteiger partial charge in [-0.1, -0.05) is 54.2 Å². The van der Waals surface area contributed by atoms with Crippen molar-refractivity contribution in [2.24, 2.45) is 0 Å². The van der Waals surface area contributed by atoms with Crippen molar-refractivity contribution in [1.29, 1.82) is 0 Å². The number of benzene rings is 2. The van der Waals surface area contributed by atoms with Crippen molar-refractivity contribution in [1.82, 2.24) is 9.80 Å². The zero-order valence-corrected chi connectivity index (χ0v) is 16.7. The average molecular weight is 412 g/mol. The Kier molecular flexibility index (Phi) is 5.55. The van der Waals surface area contributed by atoms with Crippen LogP contribution >= 0.6 is 11.8 Å². The number of rotatable bonds is 6. The Morgan fingerprint density at radius 1 is 1.10 bits per heavy atom. The largest absolute Gasteiger partial charge is 0.472 e. The van der Waals surface area contributed by atoms with E-state index in [9.17, 15) is 14.4 Å². The molecule has 0 radical (unpaired) electrons. The van der Waals surface area contributed by atoms with Gasteiger partial charge in [-0.3, -0.25) is 14.4 Å². The second kappa shape index (κ2) is 8.26. The Bertz CT molecular complexity index is 933. The SMILES string of the molecule is Cc1cccc2c1C(=O)N(CCOC(c1ccccc1)N1C(=O)CSC1=O)CO2. The van der Waals surface area contributed by atoms with Crippen molar-refractivity contribution in [2.45, 2.75) is 13.2 Å². The van der Waals surface area contributed by atoms with E-state index < -0.39 is 6.23 Å². The molecule has 0 aromatic heterocycles. The van der Waals surface area contributed by atoms with Crippen LogP contribution in [0.5, 0.6) is 5.75 Å². The lowest BCUT2D eigenvalue weighted by molar-refractivity contribution is -0.136. The maximum atomic E-state index is 12.8. The van der Waals surface area contributed by atoms with Gasteiger partial charge in [0.1, 0.15) is 5.75 Å². The Morgan fingerprint density at radius 3 is 2.62 bits per heavy atom. The third-order valence-electron chi connectivity index (χ3n) is 4.85. The molecule has 3 amide bonds. The Balaban J connectivity index is 1.46. The van der Waals surface area contributed by atoms with Crippen molar-refractivity contribution in [2.75, 3.05) is 25.6 Å². The first kappa shape index (κ1) is 19.5. The normalized spacial score (nSPS) is 17.3. The third-order valence-corrected chi connectivity index (χ3v) is 5.69. The van der Waals surface area contributed by atoms with E-state index >= 15 is 0 Å². The monoisotopic (exact) mass is 412 g/mol. The molecule has 7 nitrogen and oxygen atoms in total. The fourth-order valence-corrected chi connectivity index (χ4v) is 4.09. The fourth-order valence-electron chi connectivity index (χ4n) is 3.37. The van der Waals surface area contributed by atoms with Crippen LogP contribution in [0, 0.1) is 6.92 Å². The van der Waals surface area contributed by atoms with Gasteiger partial charge in [-0.15, -0.1) is 0 Å². The van der Waals surface area contributed by atoms with E-state index in [4.69, 9.17) is 9.47 Å². The summed E-state index contributed by atoms with van der Waals surface area (Å²) in [5.74, 6) is 0.295. The van der Waals surface area contributed by atoms with Gasteiger partial charge in [0.15, 0.2) is 13.0 Å². The number of aryl methyl sites for hydroxylation is 1. The summed E-state index contributed by atoms with van der Waals surface area (Å²) in [6.07, 6.45) is -0.818. The molecule has 4 rings (SSSR count). The molecule has 2 aromatic rings. The third kappa shape index (κ3) is 3.86. The van der Waals surface area contributed by atoms with E-state index in [1.807, 2.05) is 49.4 Å². The lowest BCUT2D eigenvalue weighted by Gasteiger charge is -2.31. The van der Waals surface area contributed by atoms with Crippen molar-refractivity contribution in [3.05, 3.63) is 65.2 Å². The molecule has 0 aliphatic carbocycles. The van der Waals surface area contributed by atoms with Gasteiger partial charge < -0.3 is 14.4 Å². The maximum absolute atomic E-state index is 12.8. The van der Waals surface area contributed by atoms with Crippen LogP contribution in [-0.4, -0.2) is 52.5 Å². The maximum Gasteiger partial charge on any atom is 0.291 e. The predicted molar refractivity (Wildman–Crippen MR) is 108 cm³/mol. The second-order valence-electron chi connectivity index (χ2n) is 6.74. The molecule has 1 atom stereocenters. The summed E-state index contributed by atoms with van der Waals surface area (Å²) in [4.78, 5) is 39.9. The van der Waals surface area contributed by atoms with Crippen molar-refractivity contribution in [3.8, 4) is 5.75 Å². The molecule has 150 valence electrons. The minimum Gasteiger partial charge on any atom is -0.472 e. The lowest BCUT2D eigenvalue weighted by atomic mass is 10.1. The number of carbonyl (C=O) groups excluding carboxylic acids is 3. The Labute approximate surface area is 172 Å². The number of carbonyl (C=O) groups is 3. The predicted octanol–water partition coefficient (Wildman–Crippen LogP) is 3.20. The molecule has 0 saturated carbocycles. The van der Waals surface area contributed by atoms with Gasteiger partial charge in [0.25, 0.3) is 11.1 Å².